The summed E-state index contributed by atoms with van der Waals surface area (Å²) in [6.45, 7) is 6.29. The number of carbonyl (C=O) groups is 1. The van der Waals surface area contributed by atoms with E-state index in [1.807, 2.05) is 6.92 Å². The molecule has 0 aliphatic carbocycles. The van der Waals surface area contributed by atoms with Crippen LogP contribution < -0.4 is 16.4 Å². The Hall–Kier alpha value is -1.85. The van der Waals surface area contributed by atoms with Gasteiger partial charge in [0, 0.05) is 25.6 Å². The SMILES string of the molecule is CC(=O)NCCNc1nc(C)nc(N)c1C. The molecule has 6 heteroatoms. The van der Waals surface area contributed by atoms with Crippen LogP contribution in [0.25, 0.3) is 0 Å². The Morgan fingerprint density at radius 3 is 2.62 bits per heavy atom. The first-order chi connectivity index (χ1) is 7.50. The molecule has 1 amide bonds. The molecule has 6 nitrogen and oxygen atoms in total. The van der Waals surface area contributed by atoms with Crippen molar-refractivity contribution in [2.45, 2.75) is 20.8 Å². The van der Waals surface area contributed by atoms with E-state index in [-0.39, 0.29) is 5.91 Å². The average Bonchev–Trinajstić information content (AvgIpc) is 2.19. The van der Waals surface area contributed by atoms with Gasteiger partial charge < -0.3 is 16.4 Å². The lowest BCUT2D eigenvalue weighted by atomic mass is 10.3. The first-order valence-electron chi connectivity index (χ1n) is 5.09. The number of nitrogens with one attached hydrogen (secondary N) is 2. The minimum atomic E-state index is -0.0445. The zero-order valence-electron chi connectivity index (χ0n) is 9.79. The second kappa shape index (κ2) is 5.29. The lowest BCUT2D eigenvalue weighted by Crippen LogP contribution is -2.26. The van der Waals surface area contributed by atoms with Gasteiger partial charge in [-0.1, -0.05) is 0 Å². The van der Waals surface area contributed by atoms with Gasteiger partial charge in [-0.2, -0.15) is 0 Å². The number of hydrogen-bond donors (Lipinski definition) is 3. The highest BCUT2D eigenvalue weighted by atomic mass is 16.1. The highest BCUT2D eigenvalue weighted by Crippen LogP contribution is 2.16. The van der Waals surface area contributed by atoms with Crippen LogP contribution in [0.1, 0.15) is 18.3 Å². The lowest BCUT2D eigenvalue weighted by molar-refractivity contribution is -0.118. The molecule has 0 saturated heterocycles. The summed E-state index contributed by atoms with van der Waals surface area (Å²) < 4.78 is 0. The summed E-state index contributed by atoms with van der Waals surface area (Å²) in [6.07, 6.45) is 0. The molecule has 1 heterocycles. The van der Waals surface area contributed by atoms with Crippen LogP contribution in [0.5, 0.6) is 0 Å². The minimum Gasteiger partial charge on any atom is -0.383 e. The van der Waals surface area contributed by atoms with Gasteiger partial charge in [-0.3, -0.25) is 4.79 Å². The van der Waals surface area contributed by atoms with Crippen molar-refractivity contribution in [1.82, 2.24) is 15.3 Å². The van der Waals surface area contributed by atoms with Crippen molar-refractivity contribution in [3.05, 3.63) is 11.4 Å². The molecule has 0 radical (unpaired) electrons. The second-order valence-corrected chi connectivity index (χ2v) is 3.54. The maximum Gasteiger partial charge on any atom is 0.216 e. The van der Waals surface area contributed by atoms with Crippen molar-refractivity contribution in [2.24, 2.45) is 0 Å². The van der Waals surface area contributed by atoms with Crippen molar-refractivity contribution in [1.29, 1.82) is 0 Å². The Morgan fingerprint density at radius 1 is 1.31 bits per heavy atom. The maximum absolute atomic E-state index is 10.6. The quantitative estimate of drug-likeness (QED) is 0.635. The molecule has 0 saturated carbocycles. The van der Waals surface area contributed by atoms with Gasteiger partial charge >= 0.3 is 0 Å². The predicted molar refractivity (Wildman–Crippen MR) is 63.1 cm³/mol. The van der Waals surface area contributed by atoms with Gasteiger partial charge in [-0.15, -0.1) is 0 Å². The topological polar surface area (TPSA) is 92.9 Å². The van der Waals surface area contributed by atoms with E-state index in [0.717, 1.165) is 11.4 Å². The van der Waals surface area contributed by atoms with E-state index in [0.29, 0.717) is 24.7 Å². The smallest absolute Gasteiger partial charge is 0.216 e. The summed E-state index contributed by atoms with van der Waals surface area (Å²) >= 11 is 0. The normalized spacial score (nSPS) is 9.94. The first kappa shape index (κ1) is 12.2. The second-order valence-electron chi connectivity index (χ2n) is 3.54. The van der Waals surface area contributed by atoms with E-state index in [1.165, 1.54) is 6.92 Å². The Morgan fingerprint density at radius 2 is 2.00 bits per heavy atom. The number of anilines is 2. The van der Waals surface area contributed by atoms with Crippen LogP contribution in [0.2, 0.25) is 0 Å². The molecule has 0 unspecified atom stereocenters. The van der Waals surface area contributed by atoms with Crippen LogP contribution in [0, 0.1) is 13.8 Å². The van der Waals surface area contributed by atoms with Gasteiger partial charge in [-0.25, -0.2) is 9.97 Å². The van der Waals surface area contributed by atoms with Crippen molar-refractivity contribution in [3.8, 4) is 0 Å². The summed E-state index contributed by atoms with van der Waals surface area (Å²) in [5.74, 6) is 1.78. The number of rotatable bonds is 4. The molecule has 1 rings (SSSR count). The number of nitrogens with two attached hydrogens (primary N) is 1. The summed E-state index contributed by atoms with van der Waals surface area (Å²) in [6, 6.07) is 0. The maximum atomic E-state index is 10.6. The molecule has 1 aromatic heterocycles. The summed E-state index contributed by atoms with van der Waals surface area (Å²) in [7, 11) is 0. The molecule has 0 spiro atoms. The fourth-order valence-electron chi connectivity index (χ4n) is 1.24. The van der Waals surface area contributed by atoms with Crippen LogP contribution in [-0.4, -0.2) is 29.0 Å². The third-order valence-corrected chi connectivity index (χ3v) is 2.09. The molecular formula is C10H17N5O. The average molecular weight is 223 g/mol. The van der Waals surface area contributed by atoms with Crippen LogP contribution >= 0.6 is 0 Å². The van der Waals surface area contributed by atoms with Crippen LogP contribution in [0.4, 0.5) is 11.6 Å². The van der Waals surface area contributed by atoms with Crippen molar-refractivity contribution >= 4 is 17.5 Å². The van der Waals surface area contributed by atoms with Crippen molar-refractivity contribution in [2.75, 3.05) is 24.1 Å². The molecule has 0 aliphatic heterocycles. The molecule has 4 N–H and O–H groups in total. The number of nitrogens with zero attached hydrogens (tertiary/aromatic N) is 2. The largest absolute Gasteiger partial charge is 0.383 e. The van der Waals surface area contributed by atoms with Gasteiger partial charge in [0.15, 0.2) is 0 Å². The van der Waals surface area contributed by atoms with E-state index in [9.17, 15) is 4.79 Å². The van der Waals surface area contributed by atoms with Crippen LogP contribution in [-0.2, 0) is 4.79 Å². The Kier molecular flexibility index (Phi) is 4.04. The van der Waals surface area contributed by atoms with Gasteiger partial charge in [0.05, 0.1) is 0 Å². The van der Waals surface area contributed by atoms with E-state index in [1.54, 1.807) is 6.92 Å². The van der Waals surface area contributed by atoms with Gasteiger partial charge in [0.1, 0.15) is 17.5 Å². The highest BCUT2D eigenvalue weighted by molar-refractivity contribution is 5.72. The van der Waals surface area contributed by atoms with Crippen LogP contribution in [0.15, 0.2) is 0 Å². The summed E-state index contributed by atoms with van der Waals surface area (Å²) in [4.78, 5) is 18.9. The third kappa shape index (κ3) is 3.38. The summed E-state index contributed by atoms with van der Waals surface area (Å²) in [5.41, 5.74) is 6.54. The number of aromatic nitrogens is 2. The molecular weight excluding hydrogens is 206 g/mol. The van der Waals surface area contributed by atoms with E-state index >= 15 is 0 Å². The van der Waals surface area contributed by atoms with Gasteiger partial charge in [0.2, 0.25) is 5.91 Å². The lowest BCUT2D eigenvalue weighted by Gasteiger charge is -2.10. The fraction of sp³-hybridized carbons (Fsp3) is 0.500. The standard InChI is InChI=1S/C10H17N5O/c1-6-9(11)14-7(2)15-10(6)13-5-4-12-8(3)16/h4-5H2,1-3H3,(H,12,16)(H3,11,13,14,15). The highest BCUT2D eigenvalue weighted by Gasteiger charge is 2.05. The number of aryl methyl sites for hydroxylation is 1. The van der Waals surface area contributed by atoms with E-state index in [2.05, 4.69) is 20.6 Å². The van der Waals surface area contributed by atoms with E-state index < -0.39 is 0 Å². The van der Waals surface area contributed by atoms with Gasteiger partial charge in [0.25, 0.3) is 0 Å². The van der Waals surface area contributed by atoms with E-state index in [4.69, 9.17) is 5.73 Å². The zero-order chi connectivity index (χ0) is 12.1. The molecule has 0 atom stereocenters. The van der Waals surface area contributed by atoms with Crippen molar-refractivity contribution < 1.29 is 4.79 Å². The number of amides is 1. The monoisotopic (exact) mass is 223 g/mol. The Balaban J connectivity index is 2.57. The zero-order valence-corrected chi connectivity index (χ0v) is 9.79. The molecule has 0 aliphatic rings. The van der Waals surface area contributed by atoms with Crippen LogP contribution in [0.3, 0.4) is 0 Å². The third-order valence-electron chi connectivity index (χ3n) is 2.09. The fourth-order valence-corrected chi connectivity index (χ4v) is 1.24. The number of hydrogen-bond acceptors (Lipinski definition) is 5. The number of nitrogen functional groups attached to an aromatic ring is 1. The predicted octanol–water partition coefficient (Wildman–Crippen LogP) is 0.224. The van der Waals surface area contributed by atoms with Crippen molar-refractivity contribution in [3.63, 3.8) is 0 Å². The molecule has 16 heavy (non-hydrogen) atoms. The first-order valence-corrected chi connectivity index (χ1v) is 5.09. The summed E-state index contributed by atoms with van der Waals surface area (Å²) in [5, 5.41) is 5.79. The molecule has 0 bridgehead atoms. The molecule has 88 valence electrons. The minimum absolute atomic E-state index is 0.0445. The van der Waals surface area contributed by atoms with Gasteiger partial charge in [-0.05, 0) is 13.8 Å². The molecule has 0 aromatic carbocycles. The Labute approximate surface area is 94.7 Å². The number of carbonyl (C=O) groups excluding carboxylic acids is 1. The molecule has 1 aromatic rings. The Bertz CT molecular complexity index is 391. The molecule has 0 fully saturated rings.